The van der Waals surface area contributed by atoms with Crippen molar-refractivity contribution in [3.63, 3.8) is 0 Å². The van der Waals surface area contributed by atoms with Gasteiger partial charge in [-0.05, 0) is 25.1 Å². The van der Waals surface area contributed by atoms with Crippen LogP contribution in [-0.2, 0) is 9.53 Å². The van der Waals surface area contributed by atoms with Crippen LogP contribution in [0.5, 0.6) is 0 Å². The highest BCUT2D eigenvalue weighted by Crippen LogP contribution is 2.14. The molecule has 7 heteroatoms. The van der Waals surface area contributed by atoms with Crippen LogP contribution in [0.15, 0.2) is 23.4 Å². The normalized spacial score (nSPS) is 11.3. The number of nitrogens with two attached hydrogens (primary N) is 1. The van der Waals surface area contributed by atoms with Crippen molar-refractivity contribution in [2.24, 2.45) is 10.9 Å². The van der Waals surface area contributed by atoms with E-state index < -0.39 is 5.82 Å². The minimum Gasteiger partial charge on any atom is -0.409 e. The summed E-state index contributed by atoms with van der Waals surface area (Å²) in [6.07, 6.45) is 0. The van der Waals surface area contributed by atoms with E-state index in [-0.39, 0.29) is 23.9 Å². The van der Waals surface area contributed by atoms with Crippen LogP contribution >= 0.6 is 0 Å². The third-order valence-corrected chi connectivity index (χ3v) is 2.07. The van der Waals surface area contributed by atoms with E-state index in [1.54, 1.807) is 6.92 Å². The average molecular weight is 255 g/mol. The summed E-state index contributed by atoms with van der Waals surface area (Å²) in [5.74, 6) is -1.38. The fraction of sp³-hybridized carbons (Fsp3) is 0.273. The molecule has 0 aliphatic carbocycles. The lowest BCUT2D eigenvalue weighted by molar-refractivity contribution is -0.120. The lowest BCUT2D eigenvalue weighted by Gasteiger charge is -2.07. The number of hydrogen-bond acceptors (Lipinski definition) is 4. The van der Waals surface area contributed by atoms with E-state index in [4.69, 9.17) is 15.7 Å². The monoisotopic (exact) mass is 255 g/mol. The summed E-state index contributed by atoms with van der Waals surface area (Å²) >= 11 is 0. The molecule has 0 radical (unpaired) electrons. The molecule has 1 rings (SSSR count). The van der Waals surface area contributed by atoms with Crippen molar-refractivity contribution in [3.8, 4) is 0 Å². The minimum atomic E-state index is -0.645. The van der Waals surface area contributed by atoms with Gasteiger partial charge in [-0.15, -0.1) is 0 Å². The van der Waals surface area contributed by atoms with E-state index in [1.807, 2.05) is 0 Å². The van der Waals surface area contributed by atoms with Crippen LogP contribution in [0.3, 0.4) is 0 Å². The molecule has 0 spiro atoms. The predicted octanol–water partition coefficient (Wildman–Crippen LogP) is 0.895. The third-order valence-electron chi connectivity index (χ3n) is 2.07. The van der Waals surface area contributed by atoms with Gasteiger partial charge in [0, 0.05) is 12.3 Å². The van der Waals surface area contributed by atoms with Crippen molar-refractivity contribution >= 4 is 17.4 Å². The first-order chi connectivity index (χ1) is 8.58. The topological polar surface area (TPSA) is 96.9 Å². The molecule has 0 atom stereocenters. The summed E-state index contributed by atoms with van der Waals surface area (Å²) < 4.78 is 18.3. The highest BCUT2D eigenvalue weighted by molar-refractivity contribution is 5.99. The SMILES string of the molecule is CCOCC(=O)Nc1ccc(F)c(C(N)=NO)c1. The summed E-state index contributed by atoms with van der Waals surface area (Å²) in [7, 11) is 0. The lowest BCUT2D eigenvalue weighted by Crippen LogP contribution is -2.20. The van der Waals surface area contributed by atoms with E-state index in [9.17, 15) is 9.18 Å². The number of oxime groups is 1. The Labute approximate surface area is 103 Å². The Bertz CT molecular complexity index is 463. The second-order valence-corrected chi connectivity index (χ2v) is 3.37. The van der Waals surface area contributed by atoms with Gasteiger partial charge in [-0.2, -0.15) is 0 Å². The second kappa shape index (κ2) is 6.55. The molecule has 0 aliphatic rings. The molecule has 0 unspecified atom stereocenters. The Kier molecular flexibility index (Phi) is 5.06. The van der Waals surface area contributed by atoms with Crippen LogP contribution in [0.1, 0.15) is 12.5 Å². The Hall–Kier alpha value is -2.15. The van der Waals surface area contributed by atoms with Gasteiger partial charge in [-0.1, -0.05) is 5.16 Å². The number of benzene rings is 1. The lowest BCUT2D eigenvalue weighted by atomic mass is 10.1. The van der Waals surface area contributed by atoms with E-state index >= 15 is 0 Å². The van der Waals surface area contributed by atoms with Crippen LogP contribution in [-0.4, -0.2) is 30.2 Å². The number of rotatable bonds is 5. The standard InChI is InChI=1S/C11H14FN3O3/c1-2-18-6-10(16)14-7-3-4-9(12)8(5-7)11(13)15-17/h3-5,17H,2,6H2,1H3,(H2,13,15)(H,14,16). The molecule has 0 aromatic heterocycles. The largest absolute Gasteiger partial charge is 0.409 e. The Morgan fingerprint density at radius 3 is 2.94 bits per heavy atom. The van der Waals surface area contributed by atoms with Gasteiger partial charge in [0.05, 0.1) is 5.56 Å². The Morgan fingerprint density at radius 2 is 2.33 bits per heavy atom. The van der Waals surface area contributed by atoms with Crippen molar-refractivity contribution in [1.29, 1.82) is 0 Å². The molecule has 1 amide bonds. The Morgan fingerprint density at radius 1 is 1.61 bits per heavy atom. The summed E-state index contributed by atoms with van der Waals surface area (Å²) in [6.45, 7) is 2.10. The number of ether oxygens (including phenoxy) is 1. The zero-order valence-corrected chi connectivity index (χ0v) is 9.81. The van der Waals surface area contributed by atoms with Gasteiger partial charge in [-0.3, -0.25) is 4.79 Å². The maximum absolute atomic E-state index is 13.3. The first-order valence-electron chi connectivity index (χ1n) is 5.23. The smallest absolute Gasteiger partial charge is 0.250 e. The molecular formula is C11H14FN3O3. The van der Waals surface area contributed by atoms with Crippen LogP contribution in [0.4, 0.5) is 10.1 Å². The van der Waals surface area contributed by atoms with E-state index in [2.05, 4.69) is 10.5 Å². The van der Waals surface area contributed by atoms with Crippen LogP contribution in [0.2, 0.25) is 0 Å². The van der Waals surface area contributed by atoms with Crippen LogP contribution in [0.25, 0.3) is 0 Å². The quantitative estimate of drug-likeness (QED) is 0.315. The molecule has 4 N–H and O–H groups in total. The van der Waals surface area contributed by atoms with Crippen molar-refractivity contribution in [1.82, 2.24) is 0 Å². The summed E-state index contributed by atoms with van der Waals surface area (Å²) in [4.78, 5) is 11.4. The van der Waals surface area contributed by atoms with Crippen molar-refractivity contribution in [2.45, 2.75) is 6.92 Å². The first kappa shape index (κ1) is 13.9. The molecule has 0 saturated carbocycles. The van der Waals surface area contributed by atoms with Crippen molar-refractivity contribution in [3.05, 3.63) is 29.6 Å². The van der Waals surface area contributed by atoms with Gasteiger partial charge in [0.2, 0.25) is 5.91 Å². The highest BCUT2D eigenvalue weighted by Gasteiger charge is 2.09. The molecule has 0 heterocycles. The molecule has 6 nitrogen and oxygen atoms in total. The van der Waals surface area contributed by atoms with Gasteiger partial charge >= 0.3 is 0 Å². The molecule has 0 bridgehead atoms. The molecule has 0 fully saturated rings. The number of carbonyl (C=O) groups excluding carboxylic acids is 1. The number of hydrogen-bond donors (Lipinski definition) is 3. The maximum atomic E-state index is 13.3. The number of amidine groups is 1. The summed E-state index contributed by atoms with van der Waals surface area (Å²) in [5.41, 5.74) is 5.54. The van der Waals surface area contributed by atoms with E-state index in [1.165, 1.54) is 12.1 Å². The molecular weight excluding hydrogens is 241 g/mol. The number of anilines is 1. The minimum absolute atomic E-state index is 0.0905. The van der Waals surface area contributed by atoms with Crippen LogP contribution < -0.4 is 11.1 Å². The molecule has 0 saturated heterocycles. The number of halogens is 1. The number of nitrogens with one attached hydrogen (secondary N) is 1. The van der Waals surface area contributed by atoms with E-state index in [0.29, 0.717) is 12.3 Å². The summed E-state index contributed by atoms with van der Waals surface area (Å²) in [6, 6.07) is 3.76. The van der Waals surface area contributed by atoms with Crippen LogP contribution in [0, 0.1) is 5.82 Å². The van der Waals surface area contributed by atoms with Crippen molar-refractivity contribution in [2.75, 3.05) is 18.5 Å². The van der Waals surface area contributed by atoms with Gasteiger partial charge in [0.25, 0.3) is 0 Å². The second-order valence-electron chi connectivity index (χ2n) is 3.37. The fourth-order valence-corrected chi connectivity index (χ4v) is 1.25. The average Bonchev–Trinajstić information content (AvgIpc) is 2.37. The number of amides is 1. The van der Waals surface area contributed by atoms with Gasteiger partial charge < -0.3 is 21.0 Å². The zero-order chi connectivity index (χ0) is 13.5. The van der Waals surface area contributed by atoms with E-state index in [0.717, 1.165) is 6.07 Å². The Balaban J connectivity index is 2.82. The third kappa shape index (κ3) is 3.70. The summed E-state index contributed by atoms with van der Waals surface area (Å²) in [5, 5.41) is 13.7. The number of nitrogens with zero attached hydrogens (tertiary/aromatic N) is 1. The first-order valence-corrected chi connectivity index (χ1v) is 5.23. The van der Waals surface area contributed by atoms with Crippen molar-refractivity contribution < 1.29 is 19.1 Å². The molecule has 1 aromatic rings. The van der Waals surface area contributed by atoms with Gasteiger partial charge in [0.15, 0.2) is 5.84 Å². The fourth-order valence-electron chi connectivity index (χ4n) is 1.25. The molecule has 98 valence electrons. The molecule has 1 aromatic carbocycles. The molecule has 18 heavy (non-hydrogen) atoms. The maximum Gasteiger partial charge on any atom is 0.250 e. The van der Waals surface area contributed by atoms with Gasteiger partial charge in [-0.25, -0.2) is 4.39 Å². The molecule has 0 aliphatic heterocycles. The number of carbonyl (C=O) groups is 1. The highest BCUT2D eigenvalue weighted by atomic mass is 19.1. The zero-order valence-electron chi connectivity index (χ0n) is 9.81. The van der Waals surface area contributed by atoms with Gasteiger partial charge in [0.1, 0.15) is 12.4 Å². The predicted molar refractivity (Wildman–Crippen MR) is 64.0 cm³/mol.